The first-order chi connectivity index (χ1) is 18.2. The van der Waals surface area contributed by atoms with Crippen LogP contribution in [0.1, 0.15) is 31.7 Å². The number of nitrogens with zero attached hydrogens (tertiary/aromatic N) is 2. The molecule has 0 radical (unpaired) electrons. The summed E-state index contributed by atoms with van der Waals surface area (Å²) < 4.78 is 43.6. The molecule has 1 aliphatic heterocycles. The molecule has 0 bridgehead atoms. The number of fused-ring (bicyclic) bond motifs is 2. The normalized spacial score (nSPS) is 17.6. The second-order valence-corrected chi connectivity index (χ2v) is 11.3. The Balaban J connectivity index is 0.000000617. The molecule has 0 spiro atoms. The van der Waals surface area contributed by atoms with Crippen LogP contribution in [0.15, 0.2) is 93.6 Å². The number of para-hydroxylation sites is 2. The van der Waals surface area contributed by atoms with Crippen LogP contribution in [0.25, 0.3) is 16.3 Å². The van der Waals surface area contributed by atoms with E-state index in [0.29, 0.717) is 0 Å². The predicted molar refractivity (Wildman–Crippen MR) is 141 cm³/mol. The standard InChI is InChI=1S/C28H29N2OS2.ClHO4/c1-4-29-22-10-6-8-12-24(22)32-26(29)18-16-20-14-15-21(28(20)31-3)17-19-27-30(5-2)23-11-7-9-13-25(23)33-27;2-1(3,4)5/h6-13,16-19H,4-5,14-15H2,1-3H3;(H,2,3,4,5)/q+1;/p-1. The van der Waals surface area contributed by atoms with Crippen molar-refractivity contribution in [2.75, 3.05) is 18.6 Å². The fraction of sp³-hybridized carbons (Fsp3) is 0.250. The zero-order valence-electron chi connectivity index (χ0n) is 21.4. The van der Waals surface area contributed by atoms with Gasteiger partial charge in [-0.3, -0.25) is 0 Å². The van der Waals surface area contributed by atoms with E-state index in [9.17, 15) is 0 Å². The number of aryl methyl sites for hydroxylation is 1. The molecule has 2 heterocycles. The summed E-state index contributed by atoms with van der Waals surface area (Å²) in [5, 5.41) is 2.56. The van der Waals surface area contributed by atoms with Crippen LogP contribution >= 0.6 is 23.1 Å². The van der Waals surface area contributed by atoms with Crippen molar-refractivity contribution in [3.05, 3.63) is 93.7 Å². The van der Waals surface area contributed by atoms with Crippen LogP contribution in [0.2, 0.25) is 0 Å². The summed E-state index contributed by atoms with van der Waals surface area (Å²) in [4.78, 5) is 3.71. The minimum atomic E-state index is -4.94. The third-order valence-corrected chi connectivity index (χ3v) is 8.47. The molecule has 3 aromatic rings. The molecule has 1 aliphatic carbocycles. The Hall–Kier alpha value is -2.63. The molecule has 2 aliphatic rings. The molecule has 38 heavy (non-hydrogen) atoms. The number of thiazole rings is 1. The van der Waals surface area contributed by atoms with Crippen LogP contribution < -0.4 is 28.1 Å². The van der Waals surface area contributed by atoms with Crippen molar-refractivity contribution < 1.29 is 38.2 Å². The first-order valence-corrected chi connectivity index (χ1v) is 15.0. The van der Waals surface area contributed by atoms with Crippen LogP contribution in [0.4, 0.5) is 5.69 Å². The van der Waals surface area contributed by atoms with E-state index in [-0.39, 0.29) is 0 Å². The fourth-order valence-corrected chi connectivity index (χ4v) is 6.89. The van der Waals surface area contributed by atoms with Gasteiger partial charge in [-0.25, -0.2) is 18.6 Å². The number of methoxy groups -OCH3 is 1. The van der Waals surface area contributed by atoms with Crippen molar-refractivity contribution in [3.8, 4) is 0 Å². The average molecular weight is 573 g/mol. The second-order valence-electron chi connectivity index (χ2n) is 8.43. The van der Waals surface area contributed by atoms with Gasteiger partial charge in [-0.2, -0.15) is 4.57 Å². The Morgan fingerprint density at radius 3 is 2.39 bits per heavy atom. The lowest BCUT2D eigenvalue weighted by atomic mass is 10.2. The second kappa shape index (κ2) is 12.5. The highest BCUT2D eigenvalue weighted by Gasteiger charge is 2.24. The van der Waals surface area contributed by atoms with Gasteiger partial charge in [0.25, 0.3) is 5.01 Å². The minimum Gasteiger partial charge on any atom is -0.496 e. The van der Waals surface area contributed by atoms with Gasteiger partial charge in [-0.15, -0.1) is 10.2 Å². The smallest absolute Gasteiger partial charge is 0.262 e. The molecule has 5 rings (SSSR count). The molecule has 2 aromatic carbocycles. The lowest BCUT2D eigenvalue weighted by molar-refractivity contribution is -2.00. The molecule has 0 N–H and O–H groups in total. The third kappa shape index (κ3) is 6.68. The highest BCUT2D eigenvalue weighted by molar-refractivity contribution is 8.03. The number of anilines is 1. The predicted octanol–water partition coefficient (Wildman–Crippen LogP) is 2.56. The highest BCUT2D eigenvalue weighted by atomic mass is 35.7. The van der Waals surface area contributed by atoms with Gasteiger partial charge in [0.15, 0.2) is 0 Å². The number of aromatic nitrogens is 1. The Morgan fingerprint density at radius 1 is 0.974 bits per heavy atom. The van der Waals surface area contributed by atoms with E-state index in [2.05, 4.69) is 96.1 Å². The Morgan fingerprint density at radius 2 is 1.68 bits per heavy atom. The van der Waals surface area contributed by atoms with Crippen molar-refractivity contribution >= 4 is 45.1 Å². The van der Waals surface area contributed by atoms with Gasteiger partial charge in [0.1, 0.15) is 17.0 Å². The van der Waals surface area contributed by atoms with E-state index in [1.165, 1.54) is 42.0 Å². The van der Waals surface area contributed by atoms with Crippen LogP contribution in [-0.2, 0) is 11.3 Å². The van der Waals surface area contributed by atoms with Crippen LogP contribution in [0, 0.1) is 10.2 Å². The van der Waals surface area contributed by atoms with Crippen molar-refractivity contribution in [1.29, 1.82) is 0 Å². The topological polar surface area (TPSA) is 109 Å². The number of allylic oxidation sites excluding steroid dienone is 5. The number of hydrogen-bond acceptors (Lipinski definition) is 8. The maximum absolute atomic E-state index is 8.49. The van der Waals surface area contributed by atoms with E-state index < -0.39 is 10.2 Å². The summed E-state index contributed by atoms with van der Waals surface area (Å²) in [7, 11) is -3.15. The zero-order valence-corrected chi connectivity index (χ0v) is 23.8. The summed E-state index contributed by atoms with van der Waals surface area (Å²) in [6, 6.07) is 17.3. The molecule has 0 unspecified atom stereocenters. The van der Waals surface area contributed by atoms with Gasteiger partial charge in [0.05, 0.1) is 17.8 Å². The van der Waals surface area contributed by atoms with E-state index in [4.69, 9.17) is 23.4 Å². The van der Waals surface area contributed by atoms with Crippen molar-refractivity contribution in [3.63, 3.8) is 0 Å². The van der Waals surface area contributed by atoms with Gasteiger partial charge >= 0.3 is 0 Å². The number of halogens is 1. The van der Waals surface area contributed by atoms with E-state index >= 15 is 0 Å². The molecule has 0 fully saturated rings. The number of benzene rings is 2. The number of ether oxygens (including phenoxy) is 1. The largest absolute Gasteiger partial charge is 0.496 e. The number of rotatable bonds is 6. The average Bonchev–Trinajstić information content (AvgIpc) is 3.56. The van der Waals surface area contributed by atoms with Crippen LogP contribution in [-0.4, -0.2) is 13.7 Å². The molecule has 200 valence electrons. The maximum Gasteiger partial charge on any atom is 0.262 e. The molecule has 0 saturated heterocycles. The van der Waals surface area contributed by atoms with Crippen molar-refractivity contribution in [1.82, 2.24) is 0 Å². The Bertz CT molecular complexity index is 1420. The van der Waals surface area contributed by atoms with Crippen LogP contribution in [0.5, 0.6) is 0 Å². The van der Waals surface area contributed by atoms with E-state index in [1.807, 2.05) is 23.1 Å². The molecular formula is C28H29ClN2O5S2. The Kier molecular flexibility index (Phi) is 9.32. The molecule has 1 aromatic heterocycles. The lowest BCUT2D eigenvalue weighted by Crippen LogP contribution is -2.68. The van der Waals surface area contributed by atoms with Crippen molar-refractivity contribution in [2.45, 2.75) is 38.1 Å². The lowest BCUT2D eigenvalue weighted by Gasteiger charge is -2.17. The Labute approximate surface area is 233 Å². The summed E-state index contributed by atoms with van der Waals surface area (Å²) in [5.74, 6) is 1.02. The molecular weight excluding hydrogens is 544 g/mol. The quantitative estimate of drug-likeness (QED) is 0.418. The van der Waals surface area contributed by atoms with Gasteiger partial charge < -0.3 is 9.64 Å². The maximum atomic E-state index is 8.49. The molecule has 0 amide bonds. The van der Waals surface area contributed by atoms with Crippen LogP contribution in [0.3, 0.4) is 0 Å². The van der Waals surface area contributed by atoms with Gasteiger partial charge in [0, 0.05) is 23.6 Å². The minimum absolute atomic E-state index is 0.965. The molecule has 7 nitrogen and oxygen atoms in total. The summed E-state index contributed by atoms with van der Waals surface area (Å²) in [5.41, 5.74) is 5.16. The fourth-order valence-electron chi connectivity index (χ4n) is 4.63. The highest BCUT2D eigenvalue weighted by Crippen LogP contribution is 2.45. The zero-order chi connectivity index (χ0) is 27.3. The van der Waals surface area contributed by atoms with E-state index in [1.54, 1.807) is 7.11 Å². The SMILES string of the molecule is CCN1/C(=C/C=C2\CCC(/C=C/c3sc4ccccc4[n+]3CC)=C2OC)Sc2ccccc21.[O-][Cl+3]([O-])([O-])[O-]. The molecule has 0 atom stereocenters. The van der Waals surface area contributed by atoms with E-state index in [0.717, 1.165) is 31.7 Å². The molecule has 0 saturated carbocycles. The van der Waals surface area contributed by atoms with Gasteiger partial charge in [-0.1, -0.05) is 53.4 Å². The molecule has 10 heteroatoms. The van der Waals surface area contributed by atoms with Crippen molar-refractivity contribution in [2.24, 2.45) is 0 Å². The summed E-state index contributed by atoms with van der Waals surface area (Å²) >= 11 is 3.69. The van der Waals surface area contributed by atoms with Gasteiger partial charge in [-0.05, 0) is 68.2 Å². The summed E-state index contributed by atoms with van der Waals surface area (Å²) in [6.07, 6.45) is 11.0. The number of hydrogen-bond donors (Lipinski definition) is 0. The monoisotopic (exact) mass is 572 g/mol. The first kappa shape index (κ1) is 28.4. The first-order valence-electron chi connectivity index (χ1n) is 12.2. The number of thioether (sulfide) groups is 1. The summed E-state index contributed by atoms with van der Waals surface area (Å²) in [6.45, 7) is 6.34. The third-order valence-electron chi connectivity index (χ3n) is 6.21. The van der Waals surface area contributed by atoms with Gasteiger partial charge in [0.2, 0.25) is 5.52 Å².